The molecule has 3 rings (SSSR count). The predicted molar refractivity (Wildman–Crippen MR) is 114 cm³/mol. The van der Waals surface area contributed by atoms with E-state index in [-0.39, 0.29) is 5.41 Å². The van der Waals surface area contributed by atoms with Crippen molar-refractivity contribution in [1.29, 1.82) is 0 Å². The molecule has 1 aliphatic heterocycles. The summed E-state index contributed by atoms with van der Waals surface area (Å²) in [7, 11) is 0. The third-order valence-electron chi connectivity index (χ3n) is 4.69. The van der Waals surface area contributed by atoms with Crippen LogP contribution in [-0.4, -0.2) is 45.0 Å². The van der Waals surface area contributed by atoms with Crippen molar-refractivity contribution in [2.24, 2.45) is 5.41 Å². The Labute approximate surface area is 182 Å². The molecule has 0 radical (unpaired) electrons. The molecule has 0 amide bonds. The fourth-order valence-corrected chi connectivity index (χ4v) is 2.94. The molecule has 1 saturated heterocycles. The van der Waals surface area contributed by atoms with Crippen LogP contribution in [0, 0.1) is 5.41 Å². The van der Waals surface area contributed by atoms with Crippen LogP contribution in [0.4, 0.5) is 0 Å². The number of rotatable bonds is 11. The molecule has 1 aliphatic rings. The zero-order valence-electron chi connectivity index (χ0n) is 17.9. The van der Waals surface area contributed by atoms with E-state index < -0.39 is 11.9 Å². The van der Waals surface area contributed by atoms with E-state index in [0.717, 1.165) is 32.7 Å². The number of carbonyl (C=O) groups excluding carboxylic acids is 2. The molecule has 0 bridgehead atoms. The van der Waals surface area contributed by atoms with Crippen LogP contribution in [0.25, 0.3) is 0 Å². The minimum Gasteiger partial charge on any atom is -0.494 e. The van der Waals surface area contributed by atoms with Gasteiger partial charge in [0.2, 0.25) is 0 Å². The van der Waals surface area contributed by atoms with Crippen LogP contribution in [-0.2, 0) is 14.3 Å². The van der Waals surface area contributed by atoms with E-state index in [4.69, 9.17) is 23.7 Å². The highest BCUT2D eigenvalue weighted by molar-refractivity contribution is 5.91. The van der Waals surface area contributed by atoms with Gasteiger partial charge in [-0.1, -0.05) is 6.92 Å². The molecule has 0 saturated carbocycles. The zero-order chi connectivity index (χ0) is 22.1. The molecule has 1 heterocycles. The Hall–Kier alpha value is -2.90. The summed E-state index contributed by atoms with van der Waals surface area (Å²) in [6.45, 7) is 7.09. The second-order valence-corrected chi connectivity index (χ2v) is 7.89. The van der Waals surface area contributed by atoms with Gasteiger partial charge in [0.05, 0.1) is 32.0 Å². The average molecular weight is 428 g/mol. The third kappa shape index (κ3) is 7.38. The first-order valence-electron chi connectivity index (χ1n) is 10.3. The highest BCUT2D eigenvalue weighted by atomic mass is 16.5. The Bertz CT molecular complexity index is 855. The number of benzene rings is 2. The van der Waals surface area contributed by atoms with Gasteiger partial charge in [-0.05, 0) is 61.4 Å². The second kappa shape index (κ2) is 10.9. The third-order valence-corrected chi connectivity index (χ3v) is 4.69. The first kappa shape index (κ1) is 22.8. The number of hydrogen-bond donors (Lipinski definition) is 0. The Morgan fingerprint density at radius 2 is 1.45 bits per heavy atom. The molecule has 31 heavy (non-hydrogen) atoms. The predicted octanol–water partition coefficient (Wildman–Crippen LogP) is 4.04. The van der Waals surface area contributed by atoms with Crippen LogP contribution in [0.3, 0.4) is 0 Å². The van der Waals surface area contributed by atoms with Crippen molar-refractivity contribution >= 4 is 11.9 Å². The normalized spacial score (nSPS) is 14.4. The van der Waals surface area contributed by atoms with E-state index in [1.807, 2.05) is 0 Å². The lowest BCUT2D eigenvalue weighted by Crippen LogP contribution is -2.43. The van der Waals surface area contributed by atoms with Crippen molar-refractivity contribution in [2.75, 3.05) is 33.0 Å². The number of unbranched alkanes of at least 4 members (excludes halogenated alkanes) is 1. The van der Waals surface area contributed by atoms with Crippen molar-refractivity contribution in [3.63, 3.8) is 0 Å². The topological polar surface area (TPSA) is 80.3 Å². The lowest BCUT2D eigenvalue weighted by Gasteiger charge is -2.37. The maximum Gasteiger partial charge on any atom is 0.343 e. The van der Waals surface area contributed by atoms with E-state index in [0.29, 0.717) is 36.0 Å². The number of ether oxygens (including phenoxy) is 5. The van der Waals surface area contributed by atoms with Crippen molar-refractivity contribution < 1.29 is 33.3 Å². The summed E-state index contributed by atoms with van der Waals surface area (Å²) >= 11 is 0. The summed E-state index contributed by atoms with van der Waals surface area (Å²) in [5.74, 6) is 0.566. The van der Waals surface area contributed by atoms with E-state index in [1.54, 1.807) is 48.5 Å². The Balaban J connectivity index is 1.34. The van der Waals surface area contributed by atoms with Gasteiger partial charge in [0.1, 0.15) is 17.2 Å². The van der Waals surface area contributed by atoms with Crippen molar-refractivity contribution in [2.45, 2.75) is 26.7 Å². The van der Waals surface area contributed by atoms with Crippen molar-refractivity contribution in [1.82, 2.24) is 0 Å². The van der Waals surface area contributed by atoms with Gasteiger partial charge in [0, 0.05) is 18.9 Å². The zero-order valence-corrected chi connectivity index (χ0v) is 17.9. The Morgan fingerprint density at radius 1 is 0.871 bits per heavy atom. The van der Waals surface area contributed by atoms with Gasteiger partial charge in [-0.3, -0.25) is 4.79 Å². The van der Waals surface area contributed by atoms with Gasteiger partial charge in [-0.25, -0.2) is 4.79 Å². The maximum absolute atomic E-state index is 12.3. The van der Waals surface area contributed by atoms with Crippen LogP contribution in [0.5, 0.6) is 17.2 Å². The molecule has 2 aromatic carbocycles. The first-order chi connectivity index (χ1) is 14.9. The molecule has 0 spiro atoms. The molecule has 7 nitrogen and oxygen atoms in total. The minimum absolute atomic E-state index is 0.187. The van der Waals surface area contributed by atoms with E-state index in [2.05, 4.69) is 6.92 Å². The monoisotopic (exact) mass is 428 g/mol. The summed E-state index contributed by atoms with van der Waals surface area (Å²) in [6.07, 6.45) is 1.82. The largest absolute Gasteiger partial charge is 0.494 e. The first-order valence-corrected chi connectivity index (χ1v) is 10.3. The molecular formula is C24H28O7. The Kier molecular flexibility index (Phi) is 8.03. The van der Waals surface area contributed by atoms with Crippen molar-refractivity contribution in [3.05, 3.63) is 54.1 Å². The lowest BCUT2D eigenvalue weighted by atomic mass is 9.90. The number of carbonyl (C=O) groups is 2. The van der Waals surface area contributed by atoms with Gasteiger partial charge >= 0.3 is 11.9 Å². The molecule has 0 atom stereocenters. The van der Waals surface area contributed by atoms with Gasteiger partial charge in [-0.15, -0.1) is 0 Å². The average Bonchev–Trinajstić information content (AvgIpc) is 2.73. The number of esters is 2. The van der Waals surface area contributed by atoms with Crippen LogP contribution >= 0.6 is 0 Å². The Morgan fingerprint density at radius 3 is 2.03 bits per heavy atom. The molecule has 0 unspecified atom stereocenters. The lowest BCUT2D eigenvalue weighted by molar-refractivity contribution is -0.138. The summed E-state index contributed by atoms with van der Waals surface area (Å²) in [5.41, 5.74) is 0.602. The van der Waals surface area contributed by atoms with Crippen LogP contribution < -0.4 is 14.2 Å². The van der Waals surface area contributed by atoms with Gasteiger partial charge in [0.15, 0.2) is 0 Å². The van der Waals surface area contributed by atoms with Gasteiger partial charge in [0.25, 0.3) is 0 Å². The van der Waals surface area contributed by atoms with E-state index in [9.17, 15) is 9.59 Å². The summed E-state index contributed by atoms with van der Waals surface area (Å²) < 4.78 is 26.9. The quantitative estimate of drug-likeness (QED) is 0.303. The highest BCUT2D eigenvalue weighted by Crippen LogP contribution is 2.26. The fourth-order valence-electron chi connectivity index (χ4n) is 2.94. The molecule has 7 heteroatoms. The fraction of sp³-hybridized carbons (Fsp3) is 0.417. The molecule has 0 N–H and O–H groups in total. The molecule has 0 aromatic heterocycles. The summed E-state index contributed by atoms with van der Waals surface area (Å²) in [5, 5.41) is 0. The van der Waals surface area contributed by atoms with E-state index in [1.165, 1.54) is 6.92 Å². The summed E-state index contributed by atoms with van der Waals surface area (Å²) in [4.78, 5) is 23.2. The molecule has 2 aromatic rings. The SMILES string of the molecule is CC(=O)Oc1ccc(OC(=O)c2ccc(OCCCCOCC3(C)COC3)cc2)cc1. The highest BCUT2D eigenvalue weighted by Gasteiger charge is 2.33. The minimum atomic E-state index is -0.477. The molecular weight excluding hydrogens is 400 g/mol. The van der Waals surface area contributed by atoms with Crippen LogP contribution in [0.15, 0.2) is 48.5 Å². The molecule has 0 aliphatic carbocycles. The van der Waals surface area contributed by atoms with E-state index >= 15 is 0 Å². The molecule has 1 fully saturated rings. The van der Waals surface area contributed by atoms with Gasteiger partial charge < -0.3 is 23.7 Å². The summed E-state index contributed by atoms with van der Waals surface area (Å²) in [6, 6.07) is 13.1. The van der Waals surface area contributed by atoms with Crippen LogP contribution in [0.1, 0.15) is 37.0 Å². The standard InChI is InChI=1S/C24H28O7/c1-18(25)30-21-9-11-22(12-10-21)31-23(26)19-5-7-20(8-6-19)29-14-4-3-13-27-15-24(2)16-28-17-24/h5-12H,3-4,13-17H2,1-2H3. The van der Waals surface area contributed by atoms with Crippen molar-refractivity contribution in [3.8, 4) is 17.2 Å². The maximum atomic E-state index is 12.3. The molecule has 166 valence electrons. The smallest absolute Gasteiger partial charge is 0.343 e. The number of hydrogen-bond acceptors (Lipinski definition) is 7. The second-order valence-electron chi connectivity index (χ2n) is 7.89. The van der Waals surface area contributed by atoms with Crippen LogP contribution in [0.2, 0.25) is 0 Å². The van der Waals surface area contributed by atoms with Gasteiger partial charge in [-0.2, -0.15) is 0 Å².